The molecule has 1 aromatic carbocycles. The number of benzene rings is 1. The fourth-order valence-electron chi connectivity index (χ4n) is 1.51. The van der Waals surface area contributed by atoms with Crippen LogP contribution in [-0.2, 0) is 6.61 Å². The molecule has 0 saturated carbocycles. The highest BCUT2D eigenvalue weighted by atomic mass is 19.1. The second-order valence-electron chi connectivity index (χ2n) is 3.91. The Labute approximate surface area is 101 Å². The van der Waals surface area contributed by atoms with Gasteiger partial charge in [-0.1, -0.05) is 12.5 Å². The number of rotatable bonds is 8. The third kappa shape index (κ3) is 5.15. The summed E-state index contributed by atoms with van der Waals surface area (Å²) < 4.78 is 18.7. The quantitative estimate of drug-likeness (QED) is 0.687. The maximum atomic E-state index is 13.4. The minimum Gasteiger partial charge on any atom is -0.491 e. The lowest BCUT2D eigenvalue weighted by molar-refractivity contribution is 0.268. The number of hydrogen-bond donors (Lipinski definition) is 2. The first-order chi connectivity index (χ1) is 8.27. The molecule has 0 amide bonds. The molecule has 4 heteroatoms. The van der Waals surface area contributed by atoms with Gasteiger partial charge >= 0.3 is 0 Å². The third-order valence-electron chi connectivity index (χ3n) is 2.49. The third-order valence-corrected chi connectivity index (χ3v) is 2.49. The Bertz CT molecular complexity index is 328. The van der Waals surface area contributed by atoms with E-state index in [4.69, 9.17) is 14.9 Å². The molecule has 2 N–H and O–H groups in total. The van der Waals surface area contributed by atoms with Gasteiger partial charge in [0.05, 0.1) is 13.2 Å². The maximum Gasteiger partial charge on any atom is 0.165 e. The minimum absolute atomic E-state index is 0.168. The van der Waals surface area contributed by atoms with E-state index in [1.54, 1.807) is 6.07 Å². The van der Waals surface area contributed by atoms with Crippen LogP contribution in [0.4, 0.5) is 4.39 Å². The van der Waals surface area contributed by atoms with Crippen molar-refractivity contribution in [2.24, 2.45) is 0 Å². The van der Waals surface area contributed by atoms with Gasteiger partial charge in [-0.2, -0.15) is 0 Å². The average molecular weight is 242 g/mol. The SMILES string of the molecule is OCCCCCCOc1ccc(CO)cc1F. The second kappa shape index (κ2) is 8.03. The lowest BCUT2D eigenvalue weighted by Crippen LogP contribution is -2.00. The monoisotopic (exact) mass is 242 g/mol. The van der Waals surface area contributed by atoms with E-state index in [-0.39, 0.29) is 19.0 Å². The van der Waals surface area contributed by atoms with Gasteiger partial charge in [0, 0.05) is 6.61 Å². The molecule has 0 saturated heterocycles. The van der Waals surface area contributed by atoms with E-state index in [2.05, 4.69) is 0 Å². The molecule has 96 valence electrons. The van der Waals surface area contributed by atoms with Gasteiger partial charge < -0.3 is 14.9 Å². The largest absolute Gasteiger partial charge is 0.491 e. The van der Waals surface area contributed by atoms with Crippen LogP contribution in [0.2, 0.25) is 0 Å². The lowest BCUT2D eigenvalue weighted by Gasteiger charge is -2.07. The van der Waals surface area contributed by atoms with E-state index in [0.29, 0.717) is 12.2 Å². The van der Waals surface area contributed by atoms with Crippen LogP contribution in [0.15, 0.2) is 18.2 Å². The summed E-state index contributed by atoms with van der Waals surface area (Å²) >= 11 is 0. The molecular formula is C13H19FO3. The molecule has 0 spiro atoms. The highest BCUT2D eigenvalue weighted by Crippen LogP contribution is 2.18. The summed E-state index contributed by atoms with van der Waals surface area (Å²) in [6.07, 6.45) is 3.59. The Balaban J connectivity index is 2.27. The Kier molecular flexibility index (Phi) is 6.58. The molecule has 0 aliphatic heterocycles. The van der Waals surface area contributed by atoms with Crippen LogP contribution in [-0.4, -0.2) is 23.4 Å². The van der Waals surface area contributed by atoms with Crippen molar-refractivity contribution in [3.05, 3.63) is 29.6 Å². The highest BCUT2D eigenvalue weighted by Gasteiger charge is 2.03. The molecule has 0 atom stereocenters. The van der Waals surface area contributed by atoms with Gasteiger partial charge in [0.2, 0.25) is 0 Å². The fourth-order valence-corrected chi connectivity index (χ4v) is 1.51. The van der Waals surface area contributed by atoms with Gasteiger partial charge in [-0.05, 0) is 37.0 Å². The number of ether oxygens (including phenoxy) is 1. The first kappa shape index (κ1) is 13.9. The van der Waals surface area contributed by atoms with Crippen LogP contribution in [0, 0.1) is 5.82 Å². The van der Waals surface area contributed by atoms with Crippen LogP contribution in [0.25, 0.3) is 0 Å². The summed E-state index contributed by atoms with van der Waals surface area (Å²) in [5.41, 5.74) is 0.540. The van der Waals surface area contributed by atoms with Crippen LogP contribution >= 0.6 is 0 Å². The van der Waals surface area contributed by atoms with Crippen molar-refractivity contribution in [2.45, 2.75) is 32.3 Å². The zero-order valence-electron chi connectivity index (χ0n) is 9.86. The van der Waals surface area contributed by atoms with Gasteiger partial charge in [-0.3, -0.25) is 0 Å². The standard InChI is InChI=1S/C13H19FO3/c14-12-9-11(10-16)5-6-13(12)17-8-4-2-1-3-7-15/h5-6,9,15-16H,1-4,7-8,10H2. The molecule has 3 nitrogen and oxygen atoms in total. The molecule has 17 heavy (non-hydrogen) atoms. The van der Waals surface area contributed by atoms with E-state index < -0.39 is 5.82 Å². The molecule has 0 heterocycles. The smallest absolute Gasteiger partial charge is 0.165 e. The number of halogens is 1. The Hall–Kier alpha value is -1.13. The van der Waals surface area contributed by atoms with Crippen LogP contribution < -0.4 is 4.74 Å². The van der Waals surface area contributed by atoms with E-state index >= 15 is 0 Å². The van der Waals surface area contributed by atoms with E-state index in [9.17, 15) is 4.39 Å². The Morgan fingerprint density at radius 1 is 1.06 bits per heavy atom. The number of aliphatic hydroxyl groups excluding tert-OH is 2. The molecule has 0 aliphatic carbocycles. The van der Waals surface area contributed by atoms with Crippen LogP contribution in [0.1, 0.15) is 31.2 Å². The zero-order valence-corrected chi connectivity index (χ0v) is 9.86. The Morgan fingerprint density at radius 2 is 1.82 bits per heavy atom. The van der Waals surface area contributed by atoms with Gasteiger partial charge in [0.15, 0.2) is 11.6 Å². The van der Waals surface area contributed by atoms with E-state index in [1.165, 1.54) is 12.1 Å². The number of hydrogen-bond acceptors (Lipinski definition) is 3. The zero-order chi connectivity index (χ0) is 12.5. The van der Waals surface area contributed by atoms with Crippen molar-refractivity contribution in [3.8, 4) is 5.75 Å². The molecule has 0 fully saturated rings. The predicted molar refractivity (Wildman–Crippen MR) is 63.4 cm³/mol. The molecule has 0 aromatic heterocycles. The molecule has 0 bridgehead atoms. The highest BCUT2D eigenvalue weighted by molar-refractivity contribution is 5.28. The second-order valence-corrected chi connectivity index (χ2v) is 3.91. The summed E-state index contributed by atoms with van der Waals surface area (Å²) in [6, 6.07) is 4.46. The Morgan fingerprint density at radius 3 is 2.47 bits per heavy atom. The number of aliphatic hydroxyl groups is 2. The van der Waals surface area contributed by atoms with E-state index in [0.717, 1.165) is 25.7 Å². The minimum atomic E-state index is -0.438. The predicted octanol–water partition coefficient (Wildman–Crippen LogP) is 2.25. The molecule has 0 aliphatic rings. The summed E-state index contributed by atoms with van der Waals surface area (Å²) in [7, 11) is 0. The molecule has 0 radical (unpaired) electrons. The lowest BCUT2D eigenvalue weighted by atomic mass is 10.2. The van der Waals surface area contributed by atoms with Gasteiger partial charge in [0.25, 0.3) is 0 Å². The average Bonchev–Trinajstić information content (AvgIpc) is 2.35. The van der Waals surface area contributed by atoms with Crippen molar-refractivity contribution in [1.29, 1.82) is 0 Å². The van der Waals surface area contributed by atoms with Crippen molar-refractivity contribution in [3.63, 3.8) is 0 Å². The van der Waals surface area contributed by atoms with Gasteiger partial charge in [0.1, 0.15) is 0 Å². The fraction of sp³-hybridized carbons (Fsp3) is 0.538. The van der Waals surface area contributed by atoms with Gasteiger partial charge in [-0.15, -0.1) is 0 Å². The molecular weight excluding hydrogens is 223 g/mol. The molecule has 0 unspecified atom stereocenters. The maximum absolute atomic E-state index is 13.4. The van der Waals surface area contributed by atoms with Crippen molar-refractivity contribution in [2.75, 3.05) is 13.2 Å². The summed E-state index contributed by atoms with van der Waals surface area (Å²) in [5, 5.41) is 17.4. The van der Waals surface area contributed by atoms with Gasteiger partial charge in [-0.25, -0.2) is 4.39 Å². The topological polar surface area (TPSA) is 49.7 Å². The first-order valence-corrected chi connectivity index (χ1v) is 5.91. The molecule has 1 rings (SSSR count). The number of unbranched alkanes of at least 4 members (excludes halogenated alkanes) is 3. The summed E-state index contributed by atoms with van der Waals surface area (Å²) in [4.78, 5) is 0. The van der Waals surface area contributed by atoms with E-state index in [1.807, 2.05) is 0 Å². The summed E-state index contributed by atoms with van der Waals surface area (Å²) in [5.74, 6) is -0.212. The van der Waals surface area contributed by atoms with Crippen molar-refractivity contribution >= 4 is 0 Å². The van der Waals surface area contributed by atoms with Crippen molar-refractivity contribution in [1.82, 2.24) is 0 Å². The van der Waals surface area contributed by atoms with Crippen LogP contribution in [0.3, 0.4) is 0 Å². The van der Waals surface area contributed by atoms with Crippen LogP contribution in [0.5, 0.6) is 5.75 Å². The molecule has 1 aromatic rings. The normalized spacial score (nSPS) is 10.5. The first-order valence-electron chi connectivity index (χ1n) is 5.91. The van der Waals surface area contributed by atoms with Crippen molar-refractivity contribution < 1.29 is 19.3 Å². The summed E-state index contributed by atoms with van der Waals surface area (Å²) in [6.45, 7) is 0.525.